The van der Waals surface area contributed by atoms with Crippen LogP contribution in [-0.2, 0) is 14.3 Å². The minimum atomic E-state index is -0.888. The normalized spacial score (nSPS) is 33.9. The topological polar surface area (TPSA) is 78.9 Å². The van der Waals surface area contributed by atoms with Crippen LogP contribution >= 0.6 is 0 Å². The van der Waals surface area contributed by atoms with Crippen molar-refractivity contribution in [2.45, 2.75) is 44.7 Å². The van der Waals surface area contributed by atoms with E-state index >= 15 is 0 Å². The van der Waals surface area contributed by atoms with Gasteiger partial charge in [0, 0.05) is 6.54 Å². The zero-order chi connectivity index (χ0) is 14.8. The van der Waals surface area contributed by atoms with Crippen LogP contribution in [0.4, 0.5) is 0 Å². The Morgan fingerprint density at radius 3 is 2.70 bits per heavy atom. The molecule has 0 aromatic rings. The molecule has 0 aromatic carbocycles. The van der Waals surface area contributed by atoms with E-state index in [9.17, 15) is 14.7 Å². The van der Waals surface area contributed by atoms with E-state index in [1.807, 2.05) is 13.8 Å². The first-order valence-electron chi connectivity index (χ1n) is 7.36. The number of hydrogen-bond donors (Lipinski definition) is 2. The number of carbonyl (C=O) groups is 2. The van der Waals surface area contributed by atoms with Crippen LogP contribution in [0.5, 0.6) is 0 Å². The molecule has 114 valence electrons. The van der Waals surface area contributed by atoms with Crippen LogP contribution in [-0.4, -0.2) is 59.8 Å². The Bertz CT molecular complexity index is 379. The Hall–Kier alpha value is -1.14. The van der Waals surface area contributed by atoms with E-state index in [1.165, 1.54) is 0 Å². The highest BCUT2D eigenvalue weighted by Gasteiger charge is 2.44. The van der Waals surface area contributed by atoms with Gasteiger partial charge < -0.3 is 20.1 Å². The lowest BCUT2D eigenvalue weighted by molar-refractivity contribution is -0.147. The molecule has 2 N–H and O–H groups in total. The molecule has 3 atom stereocenters. The van der Waals surface area contributed by atoms with Crippen LogP contribution in [0.15, 0.2) is 0 Å². The molecule has 6 nitrogen and oxygen atoms in total. The van der Waals surface area contributed by atoms with Gasteiger partial charge in [0.05, 0.1) is 24.8 Å². The largest absolute Gasteiger partial charge is 0.481 e. The van der Waals surface area contributed by atoms with Crippen molar-refractivity contribution in [3.8, 4) is 0 Å². The molecule has 0 saturated carbocycles. The van der Waals surface area contributed by atoms with Crippen LogP contribution in [0, 0.1) is 5.92 Å². The summed E-state index contributed by atoms with van der Waals surface area (Å²) in [4.78, 5) is 25.8. The number of nitrogens with zero attached hydrogens (tertiary/aromatic N) is 1. The SMILES string of the molecule is CCN(C(=O)C1(C)CCCCN1)C1COCC1C(=O)O. The van der Waals surface area contributed by atoms with Crippen LogP contribution in [0.2, 0.25) is 0 Å². The molecule has 0 bridgehead atoms. The van der Waals surface area contributed by atoms with Gasteiger partial charge >= 0.3 is 5.97 Å². The summed E-state index contributed by atoms with van der Waals surface area (Å²) < 4.78 is 5.29. The minimum Gasteiger partial charge on any atom is -0.481 e. The average Bonchev–Trinajstić information content (AvgIpc) is 2.90. The van der Waals surface area contributed by atoms with Crippen molar-refractivity contribution >= 4 is 11.9 Å². The summed E-state index contributed by atoms with van der Waals surface area (Å²) >= 11 is 0. The van der Waals surface area contributed by atoms with Crippen molar-refractivity contribution < 1.29 is 19.4 Å². The lowest BCUT2D eigenvalue weighted by Gasteiger charge is -2.40. The first-order valence-corrected chi connectivity index (χ1v) is 7.36. The van der Waals surface area contributed by atoms with Crippen LogP contribution in [0.1, 0.15) is 33.1 Å². The standard InChI is InChI=1S/C14H24N2O4/c1-3-16(11-9-20-8-10(11)12(17)18)13(19)14(2)6-4-5-7-15-14/h10-11,15H,3-9H2,1-2H3,(H,17,18). The Balaban J connectivity index is 2.14. The molecule has 2 fully saturated rings. The van der Waals surface area contributed by atoms with Crippen molar-refractivity contribution in [1.29, 1.82) is 0 Å². The van der Waals surface area contributed by atoms with Gasteiger partial charge in [0.1, 0.15) is 5.92 Å². The molecule has 0 aliphatic carbocycles. The second-order valence-corrected chi connectivity index (χ2v) is 5.86. The molecule has 2 aliphatic rings. The molecule has 20 heavy (non-hydrogen) atoms. The first-order chi connectivity index (χ1) is 9.49. The van der Waals surface area contributed by atoms with E-state index in [4.69, 9.17) is 4.74 Å². The van der Waals surface area contributed by atoms with Crippen LogP contribution in [0.25, 0.3) is 0 Å². The minimum absolute atomic E-state index is 0.00134. The zero-order valence-electron chi connectivity index (χ0n) is 12.2. The van der Waals surface area contributed by atoms with Crippen molar-refractivity contribution in [2.75, 3.05) is 26.3 Å². The molecule has 6 heteroatoms. The molecule has 2 heterocycles. The zero-order valence-corrected chi connectivity index (χ0v) is 12.2. The summed E-state index contributed by atoms with van der Waals surface area (Å²) in [5, 5.41) is 12.5. The maximum Gasteiger partial charge on any atom is 0.311 e. The molecule has 0 aromatic heterocycles. The molecule has 1 amide bonds. The van der Waals surface area contributed by atoms with E-state index in [1.54, 1.807) is 4.90 Å². The number of amides is 1. The van der Waals surface area contributed by atoms with Gasteiger partial charge in [-0.1, -0.05) is 0 Å². The summed E-state index contributed by atoms with van der Waals surface area (Å²) in [7, 11) is 0. The monoisotopic (exact) mass is 284 g/mol. The van der Waals surface area contributed by atoms with Gasteiger partial charge in [-0.3, -0.25) is 9.59 Å². The third kappa shape index (κ3) is 2.81. The van der Waals surface area contributed by atoms with Gasteiger partial charge in [-0.2, -0.15) is 0 Å². The second-order valence-electron chi connectivity index (χ2n) is 5.86. The fourth-order valence-electron chi connectivity index (χ4n) is 3.17. The summed E-state index contributed by atoms with van der Waals surface area (Å²) in [6.45, 7) is 5.65. The number of ether oxygens (including phenoxy) is 1. The predicted octanol–water partition coefficient (Wildman–Crippen LogP) is 0.467. The summed E-state index contributed by atoms with van der Waals surface area (Å²) in [6, 6.07) is -0.356. The van der Waals surface area contributed by atoms with Crippen molar-refractivity contribution in [3.63, 3.8) is 0 Å². The lowest BCUT2D eigenvalue weighted by Crippen LogP contribution is -2.61. The number of hydrogen-bond acceptors (Lipinski definition) is 4. The predicted molar refractivity (Wildman–Crippen MR) is 73.4 cm³/mol. The van der Waals surface area contributed by atoms with Gasteiger partial charge in [-0.25, -0.2) is 0 Å². The first kappa shape index (κ1) is 15.3. The number of carboxylic acid groups (broad SMARTS) is 1. The summed E-state index contributed by atoms with van der Waals surface area (Å²) in [5.74, 6) is -1.51. The Labute approximate surface area is 119 Å². The van der Waals surface area contributed by atoms with E-state index in [2.05, 4.69) is 5.32 Å². The highest BCUT2D eigenvalue weighted by Crippen LogP contribution is 2.26. The summed E-state index contributed by atoms with van der Waals surface area (Å²) in [5.41, 5.74) is -0.570. The van der Waals surface area contributed by atoms with Crippen LogP contribution < -0.4 is 5.32 Å². The quantitative estimate of drug-likeness (QED) is 0.784. The maximum absolute atomic E-state index is 12.8. The molecule has 2 aliphatic heterocycles. The number of likely N-dealkylation sites (N-methyl/N-ethyl adjacent to an activating group) is 1. The second kappa shape index (κ2) is 6.10. The molecule has 3 unspecified atom stereocenters. The molecular weight excluding hydrogens is 260 g/mol. The van der Waals surface area contributed by atoms with Crippen molar-refractivity contribution in [2.24, 2.45) is 5.92 Å². The fraction of sp³-hybridized carbons (Fsp3) is 0.857. The maximum atomic E-state index is 12.8. The number of piperidine rings is 1. The van der Waals surface area contributed by atoms with Crippen LogP contribution in [0.3, 0.4) is 0 Å². The van der Waals surface area contributed by atoms with E-state index in [-0.39, 0.29) is 18.6 Å². The van der Waals surface area contributed by atoms with Gasteiger partial charge in [0.25, 0.3) is 0 Å². The number of aliphatic carboxylic acids is 1. The third-order valence-electron chi connectivity index (χ3n) is 4.46. The average molecular weight is 284 g/mol. The smallest absolute Gasteiger partial charge is 0.311 e. The van der Waals surface area contributed by atoms with Gasteiger partial charge in [0.2, 0.25) is 5.91 Å². The van der Waals surface area contributed by atoms with Crippen molar-refractivity contribution in [1.82, 2.24) is 10.2 Å². The third-order valence-corrected chi connectivity index (χ3v) is 4.46. The van der Waals surface area contributed by atoms with Gasteiger partial charge in [-0.05, 0) is 39.7 Å². The number of carbonyl (C=O) groups excluding carboxylic acids is 1. The van der Waals surface area contributed by atoms with E-state index in [0.717, 1.165) is 25.8 Å². The molecule has 2 rings (SSSR count). The van der Waals surface area contributed by atoms with E-state index in [0.29, 0.717) is 13.2 Å². The highest BCUT2D eigenvalue weighted by molar-refractivity contribution is 5.87. The van der Waals surface area contributed by atoms with Gasteiger partial charge in [-0.15, -0.1) is 0 Å². The fourth-order valence-corrected chi connectivity index (χ4v) is 3.17. The number of nitrogens with one attached hydrogen (secondary N) is 1. The number of carboxylic acids is 1. The Morgan fingerprint density at radius 2 is 2.15 bits per heavy atom. The summed E-state index contributed by atoms with van der Waals surface area (Å²) in [6.07, 6.45) is 2.91. The number of rotatable bonds is 4. The molecular formula is C14H24N2O4. The molecule has 0 spiro atoms. The lowest BCUT2D eigenvalue weighted by atomic mass is 9.88. The Kier molecular flexibility index (Phi) is 4.65. The van der Waals surface area contributed by atoms with Crippen molar-refractivity contribution in [3.05, 3.63) is 0 Å². The van der Waals surface area contributed by atoms with E-state index < -0.39 is 17.4 Å². The van der Waals surface area contributed by atoms with Gasteiger partial charge in [0.15, 0.2) is 0 Å². The Morgan fingerprint density at radius 1 is 1.40 bits per heavy atom. The highest BCUT2D eigenvalue weighted by atomic mass is 16.5. The molecule has 2 saturated heterocycles. The molecule has 0 radical (unpaired) electrons.